The molecule has 2 N–H and O–H groups in total. The van der Waals surface area contributed by atoms with Crippen LogP contribution in [-0.4, -0.2) is 29.4 Å². The van der Waals surface area contributed by atoms with E-state index in [1.54, 1.807) is 14.2 Å². The molecule has 0 aliphatic rings. The van der Waals surface area contributed by atoms with Crippen LogP contribution in [0.1, 0.15) is 11.4 Å². The fourth-order valence-corrected chi connectivity index (χ4v) is 1.59. The lowest BCUT2D eigenvalue weighted by atomic mass is 10.2. The Morgan fingerprint density at radius 1 is 1.28 bits per heavy atom. The zero-order valence-electron chi connectivity index (χ0n) is 10.7. The molecule has 0 spiro atoms. The normalized spacial score (nSPS) is 10.2. The summed E-state index contributed by atoms with van der Waals surface area (Å²) in [4.78, 5) is 4.17. The van der Waals surface area contributed by atoms with Gasteiger partial charge in [-0.25, -0.2) is 0 Å². The van der Waals surface area contributed by atoms with Crippen LogP contribution < -0.4 is 14.8 Å². The van der Waals surface area contributed by atoms with Gasteiger partial charge in [0.1, 0.15) is 17.3 Å². The van der Waals surface area contributed by atoms with Gasteiger partial charge in [-0.1, -0.05) is 0 Å². The summed E-state index contributed by atoms with van der Waals surface area (Å²) in [5.74, 6) is 2.89. The van der Waals surface area contributed by atoms with E-state index in [1.807, 2.05) is 25.1 Å². The third-order valence-corrected chi connectivity index (χ3v) is 2.53. The number of methoxy groups -OCH3 is 2. The van der Waals surface area contributed by atoms with Gasteiger partial charge in [0, 0.05) is 18.2 Å². The molecule has 2 aromatic rings. The predicted molar refractivity (Wildman–Crippen MR) is 68.0 cm³/mol. The number of anilines is 1. The minimum Gasteiger partial charge on any atom is -0.497 e. The van der Waals surface area contributed by atoms with Crippen LogP contribution in [0.15, 0.2) is 18.2 Å². The second-order valence-corrected chi connectivity index (χ2v) is 3.78. The van der Waals surface area contributed by atoms with Gasteiger partial charge in [-0.15, -0.1) is 5.10 Å². The molecule has 0 amide bonds. The van der Waals surface area contributed by atoms with E-state index in [1.165, 1.54) is 0 Å². The molecule has 1 aromatic heterocycles. The number of rotatable bonds is 5. The molecule has 18 heavy (non-hydrogen) atoms. The first-order chi connectivity index (χ1) is 8.72. The molecule has 2 rings (SSSR count). The van der Waals surface area contributed by atoms with Gasteiger partial charge < -0.3 is 14.8 Å². The SMILES string of the molecule is COc1ccc(CNc2n[nH]c(C)n2)c(OC)c1. The van der Waals surface area contributed by atoms with Gasteiger partial charge in [0.05, 0.1) is 14.2 Å². The zero-order chi connectivity index (χ0) is 13.0. The van der Waals surface area contributed by atoms with Crippen LogP contribution in [0.5, 0.6) is 11.5 Å². The maximum absolute atomic E-state index is 5.31. The quantitative estimate of drug-likeness (QED) is 0.843. The Morgan fingerprint density at radius 3 is 2.72 bits per heavy atom. The van der Waals surface area contributed by atoms with Gasteiger partial charge >= 0.3 is 0 Å². The predicted octanol–water partition coefficient (Wildman–Crippen LogP) is 1.74. The van der Waals surface area contributed by atoms with Gasteiger partial charge in [0.25, 0.3) is 0 Å². The smallest absolute Gasteiger partial charge is 0.242 e. The number of ether oxygens (including phenoxy) is 2. The van der Waals surface area contributed by atoms with Crippen LogP contribution in [0.25, 0.3) is 0 Å². The monoisotopic (exact) mass is 248 g/mol. The Labute approximate surface area is 105 Å². The average Bonchev–Trinajstić information content (AvgIpc) is 2.82. The summed E-state index contributed by atoms with van der Waals surface area (Å²) in [5.41, 5.74) is 1.01. The van der Waals surface area contributed by atoms with Crippen LogP contribution in [0.2, 0.25) is 0 Å². The van der Waals surface area contributed by atoms with Crippen LogP contribution >= 0.6 is 0 Å². The van der Waals surface area contributed by atoms with Gasteiger partial charge in [0.2, 0.25) is 5.95 Å². The third kappa shape index (κ3) is 2.71. The lowest BCUT2D eigenvalue weighted by Gasteiger charge is -2.10. The summed E-state index contributed by atoms with van der Waals surface area (Å²) in [5, 5.41) is 9.90. The van der Waals surface area contributed by atoms with Crippen molar-refractivity contribution in [1.82, 2.24) is 15.2 Å². The zero-order valence-corrected chi connectivity index (χ0v) is 10.7. The number of hydrogen-bond donors (Lipinski definition) is 2. The first kappa shape index (κ1) is 12.2. The topological polar surface area (TPSA) is 72.1 Å². The van der Waals surface area contributed by atoms with E-state index in [9.17, 15) is 0 Å². The third-order valence-electron chi connectivity index (χ3n) is 2.53. The minimum absolute atomic E-state index is 0.574. The van der Waals surface area contributed by atoms with E-state index in [0.29, 0.717) is 12.5 Å². The Morgan fingerprint density at radius 2 is 2.11 bits per heavy atom. The number of benzene rings is 1. The molecule has 1 heterocycles. The second kappa shape index (κ2) is 5.39. The fourth-order valence-electron chi connectivity index (χ4n) is 1.59. The highest BCUT2D eigenvalue weighted by Gasteiger charge is 2.06. The molecule has 6 nitrogen and oxygen atoms in total. The number of aryl methyl sites for hydroxylation is 1. The highest BCUT2D eigenvalue weighted by atomic mass is 16.5. The van der Waals surface area contributed by atoms with Crippen molar-refractivity contribution < 1.29 is 9.47 Å². The van der Waals surface area contributed by atoms with Crippen molar-refractivity contribution in [3.8, 4) is 11.5 Å². The van der Waals surface area contributed by atoms with Gasteiger partial charge in [-0.2, -0.15) is 4.98 Å². The van der Waals surface area contributed by atoms with E-state index in [0.717, 1.165) is 22.9 Å². The van der Waals surface area contributed by atoms with Crippen LogP contribution in [0, 0.1) is 6.92 Å². The lowest BCUT2D eigenvalue weighted by molar-refractivity contribution is 0.391. The molecule has 0 saturated carbocycles. The molecule has 0 fully saturated rings. The van der Waals surface area contributed by atoms with E-state index >= 15 is 0 Å². The molecule has 96 valence electrons. The summed E-state index contributed by atoms with van der Waals surface area (Å²) in [7, 11) is 3.26. The highest BCUT2D eigenvalue weighted by molar-refractivity contribution is 5.42. The van der Waals surface area contributed by atoms with Crippen molar-refractivity contribution in [3.63, 3.8) is 0 Å². The van der Waals surface area contributed by atoms with Crippen LogP contribution in [0.3, 0.4) is 0 Å². The average molecular weight is 248 g/mol. The molecule has 0 radical (unpaired) electrons. The number of aromatic amines is 1. The maximum Gasteiger partial charge on any atom is 0.242 e. The molecule has 0 aliphatic carbocycles. The molecule has 6 heteroatoms. The van der Waals surface area contributed by atoms with Crippen molar-refractivity contribution in [1.29, 1.82) is 0 Å². The Bertz CT molecular complexity index is 525. The van der Waals surface area contributed by atoms with Crippen molar-refractivity contribution in [2.24, 2.45) is 0 Å². The molecule has 0 aliphatic heterocycles. The van der Waals surface area contributed by atoms with Crippen molar-refractivity contribution >= 4 is 5.95 Å². The molecule has 0 atom stereocenters. The molecular formula is C12H16N4O2. The first-order valence-electron chi connectivity index (χ1n) is 5.56. The summed E-state index contributed by atoms with van der Waals surface area (Å²) in [6.45, 7) is 2.44. The summed E-state index contributed by atoms with van der Waals surface area (Å²) in [6.07, 6.45) is 0. The van der Waals surface area contributed by atoms with Crippen molar-refractivity contribution in [2.75, 3.05) is 19.5 Å². The highest BCUT2D eigenvalue weighted by Crippen LogP contribution is 2.24. The standard InChI is InChI=1S/C12H16N4O2/c1-8-14-12(16-15-8)13-7-9-4-5-10(17-2)6-11(9)18-3/h4-6H,7H2,1-3H3,(H2,13,14,15,16). The van der Waals surface area contributed by atoms with Crippen molar-refractivity contribution in [3.05, 3.63) is 29.6 Å². The first-order valence-corrected chi connectivity index (χ1v) is 5.56. The summed E-state index contributed by atoms with van der Waals surface area (Å²) in [6, 6.07) is 5.69. The van der Waals surface area contributed by atoms with E-state index in [-0.39, 0.29) is 0 Å². The minimum atomic E-state index is 0.574. The van der Waals surface area contributed by atoms with E-state index in [2.05, 4.69) is 20.5 Å². The molecule has 0 bridgehead atoms. The molecule has 0 unspecified atom stereocenters. The number of aromatic nitrogens is 3. The number of H-pyrrole nitrogens is 1. The number of nitrogens with one attached hydrogen (secondary N) is 2. The number of nitrogens with zero attached hydrogens (tertiary/aromatic N) is 2. The van der Waals surface area contributed by atoms with E-state index in [4.69, 9.17) is 9.47 Å². The van der Waals surface area contributed by atoms with Crippen molar-refractivity contribution in [2.45, 2.75) is 13.5 Å². The lowest BCUT2D eigenvalue weighted by Crippen LogP contribution is -2.03. The Balaban J connectivity index is 2.08. The van der Waals surface area contributed by atoms with E-state index < -0.39 is 0 Å². The largest absolute Gasteiger partial charge is 0.497 e. The Kier molecular flexibility index (Phi) is 3.66. The van der Waals surface area contributed by atoms with Crippen LogP contribution in [0.4, 0.5) is 5.95 Å². The molecular weight excluding hydrogens is 232 g/mol. The molecule has 0 saturated heterocycles. The maximum atomic E-state index is 5.31. The molecule has 1 aromatic carbocycles. The van der Waals surface area contributed by atoms with Gasteiger partial charge in [0.15, 0.2) is 0 Å². The van der Waals surface area contributed by atoms with Gasteiger partial charge in [-0.05, 0) is 19.1 Å². The van der Waals surface area contributed by atoms with Crippen LogP contribution in [-0.2, 0) is 6.54 Å². The Hall–Kier alpha value is -2.24. The fraction of sp³-hybridized carbons (Fsp3) is 0.333. The second-order valence-electron chi connectivity index (χ2n) is 3.78. The summed E-state index contributed by atoms with van der Waals surface area (Å²) < 4.78 is 10.5. The summed E-state index contributed by atoms with van der Waals surface area (Å²) >= 11 is 0. The number of hydrogen-bond acceptors (Lipinski definition) is 5. The van der Waals surface area contributed by atoms with Gasteiger partial charge in [-0.3, -0.25) is 5.10 Å².